The van der Waals surface area contributed by atoms with Crippen LogP contribution in [0.15, 0.2) is 18.2 Å². The van der Waals surface area contributed by atoms with Crippen LogP contribution in [0.2, 0.25) is 26.2 Å². The summed E-state index contributed by atoms with van der Waals surface area (Å²) in [5, 5.41) is 2.76. The van der Waals surface area contributed by atoms with Crippen LogP contribution < -0.4 is 10.1 Å². The molecule has 2 unspecified atom stereocenters. The summed E-state index contributed by atoms with van der Waals surface area (Å²) in [6, 6.07) is 6.40. The van der Waals surface area contributed by atoms with E-state index in [1.807, 2.05) is 20.8 Å². The molecular weight excluding hydrogens is 474 g/mol. The summed E-state index contributed by atoms with van der Waals surface area (Å²) in [4.78, 5) is 12.0. The SMILES string of the molecule is C[SiH](C)OC(c1cc(OCCNC(=O)OC(C)(C)C)cc(C(O[SiH](C)C)C(C)(C)C)c1)C(C)(C)C. The molecule has 0 heterocycles. The first-order valence-electron chi connectivity index (χ1n) is 12.8. The molecule has 1 rings (SSSR count). The molecule has 1 amide bonds. The maximum absolute atomic E-state index is 12.0. The van der Waals surface area contributed by atoms with Gasteiger partial charge in [0, 0.05) is 0 Å². The summed E-state index contributed by atoms with van der Waals surface area (Å²) in [5.41, 5.74) is 1.54. The van der Waals surface area contributed by atoms with Gasteiger partial charge in [-0.25, -0.2) is 4.79 Å². The third-order valence-electron chi connectivity index (χ3n) is 4.99. The zero-order valence-corrected chi connectivity index (χ0v) is 26.8. The predicted octanol–water partition coefficient (Wildman–Crippen LogP) is 6.76. The molecule has 0 radical (unpaired) electrons. The summed E-state index contributed by atoms with van der Waals surface area (Å²) >= 11 is 0. The molecule has 0 aromatic heterocycles. The average Bonchev–Trinajstić information content (AvgIpc) is 2.64. The Morgan fingerprint density at radius 2 is 1.23 bits per heavy atom. The zero-order chi connectivity index (χ0) is 27.2. The smallest absolute Gasteiger partial charge is 0.407 e. The summed E-state index contributed by atoms with van der Waals surface area (Å²) in [7, 11) is -2.59. The predicted molar refractivity (Wildman–Crippen MR) is 150 cm³/mol. The van der Waals surface area contributed by atoms with Crippen molar-refractivity contribution in [1.29, 1.82) is 0 Å². The molecule has 0 saturated heterocycles. The van der Waals surface area contributed by atoms with Crippen molar-refractivity contribution in [2.45, 2.75) is 106 Å². The Morgan fingerprint density at radius 3 is 1.57 bits per heavy atom. The number of hydrogen-bond acceptors (Lipinski definition) is 5. The van der Waals surface area contributed by atoms with Gasteiger partial charge in [-0.05, 0) is 81.0 Å². The Hall–Kier alpha value is -1.36. The Morgan fingerprint density at radius 1 is 0.800 bits per heavy atom. The Labute approximate surface area is 217 Å². The molecule has 1 N–H and O–H groups in total. The second kappa shape index (κ2) is 12.7. The van der Waals surface area contributed by atoms with Crippen LogP contribution in [0, 0.1) is 10.8 Å². The van der Waals surface area contributed by atoms with Gasteiger partial charge in [0.25, 0.3) is 0 Å². The third kappa shape index (κ3) is 12.0. The van der Waals surface area contributed by atoms with E-state index in [1.54, 1.807) is 0 Å². The molecule has 2 atom stereocenters. The Balaban J connectivity index is 3.30. The molecule has 0 bridgehead atoms. The number of hydrogen-bond donors (Lipinski definition) is 1. The number of alkyl carbamates (subject to hydrolysis) is 1. The van der Waals surface area contributed by atoms with Crippen molar-refractivity contribution < 1.29 is 23.1 Å². The van der Waals surface area contributed by atoms with Crippen LogP contribution in [0.4, 0.5) is 4.79 Å². The zero-order valence-electron chi connectivity index (χ0n) is 24.5. The summed E-state index contributed by atoms with van der Waals surface area (Å²) in [6.45, 7) is 28.3. The summed E-state index contributed by atoms with van der Waals surface area (Å²) in [5.74, 6) is 0.759. The second-order valence-electron chi connectivity index (χ2n) is 13.0. The number of carbonyl (C=O) groups is 1. The van der Waals surface area contributed by atoms with Gasteiger partial charge in [0.05, 0.1) is 18.8 Å². The summed E-state index contributed by atoms with van der Waals surface area (Å²) < 4.78 is 24.5. The highest BCUT2D eigenvalue weighted by molar-refractivity contribution is 6.48. The van der Waals surface area contributed by atoms with Gasteiger partial charge in [0.15, 0.2) is 18.1 Å². The largest absolute Gasteiger partial charge is 0.492 e. The van der Waals surface area contributed by atoms with Gasteiger partial charge in [-0.15, -0.1) is 0 Å². The van der Waals surface area contributed by atoms with E-state index in [0.717, 1.165) is 16.9 Å². The van der Waals surface area contributed by atoms with Crippen molar-refractivity contribution in [3.8, 4) is 5.75 Å². The molecule has 0 aliphatic heterocycles. The molecular formula is C27H51NO5Si2. The highest BCUT2D eigenvalue weighted by Gasteiger charge is 2.32. The lowest BCUT2D eigenvalue weighted by molar-refractivity contribution is 0.0520. The highest BCUT2D eigenvalue weighted by Crippen LogP contribution is 2.42. The molecule has 8 heteroatoms. The fraction of sp³-hybridized carbons (Fsp3) is 0.741. The van der Waals surface area contributed by atoms with Crippen LogP contribution in [0.5, 0.6) is 5.75 Å². The normalized spacial score (nSPS) is 14.7. The lowest BCUT2D eigenvalue weighted by atomic mass is 9.81. The molecule has 0 fully saturated rings. The van der Waals surface area contributed by atoms with Crippen molar-refractivity contribution in [3.63, 3.8) is 0 Å². The number of benzene rings is 1. The van der Waals surface area contributed by atoms with Gasteiger partial charge >= 0.3 is 6.09 Å². The minimum Gasteiger partial charge on any atom is -0.492 e. The van der Waals surface area contributed by atoms with E-state index in [-0.39, 0.29) is 23.0 Å². The number of carbonyl (C=O) groups excluding carboxylic acids is 1. The van der Waals surface area contributed by atoms with Crippen LogP contribution in [0.3, 0.4) is 0 Å². The van der Waals surface area contributed by atoms with E-state index in [9.17, 15) is 4.79 Å². The van der Waals surface area contributed by atoms with Gasteiger partial charge in [0.1, 0.15) is 18.0 Å². The molecule has 0 aliphatic rings. The first kappa shape index (κ1) is 31.7. The van der Waals surface area contributed by atoms with Crippen molar-refractivity contribution in [2.75, 3.05) is 13.2 Å². The van der Waals surface area contributed by atoms with E-state index in [2.05, 4.69) is 91.2 Å². The van der Waals surface area contributed by atoms with Crippen molar-refractivity contribution in [3.05, 3.63) is 29.3 Å². The minimum atomic E-state index is -1.29. The molecule has 0 aliphatic carbocycles. The van der Waals surface area contributed by atoms with Gasteiger partial charge in [-0.3, -0.25) is 0 Å². The quantitative estimate of drug-likeness (QED) is 0.270. The molecule has 1 aromatic rings. The van der Waals surface area contributed by atoms with Crippen LogP contribution >= 0.6 is 0 Å². The maximum Gasteiger partial charge on any atom is 0.407 e. The maximum atomic E-state index is 12.0. The highest BCUT2D eigenvalue weighted by atomic mass is 28.3. The van der Waals surface area contributed by atoms with Gasteiger partial charge in [-0.2, -0.15) is 0 Å². The van der Waals surface area contributed by atoms with E-state index in [0.29, 0.717) is 13.2 Å². The molecule has 202 valence electrons. The number of rotatable bonds is 10. The van der Waals surface area contributed by atoms with Gasteiger partial charge < -0.3 is 23.6 Å². The van der Waals surface area contributed by atoms with Gasteiger partial charge in [0.2, 0.25) is 0 Å². The Kier molecular flexibility index (Phi) is 11.5. The lowest BCUT2D eigenvalue weighted by Gasteiger charge is -2.36. The monoisotopic (exact) mass is 525 g/mol. The van der Waals surface area contributed by atoms with Crippen molar-refractivity contribution in [1.82, 2.24) is 5.32 Å². The fourth-order valence-corrected chi connectivity index (χ4v) is 6.00. The van der Waals surface area contributed by atoms with Crippen LogP contribution in [-0.2, 0) is 13.6 Å². The van der Waals surface area contributed by atoms with E-state index >= 15 is 0 Å². The fourth-order valence-electron chi connectivity index (χ4n) is 3.78. The van der Waals surface area contributed by atoms with Crippen LogP contribution in [0.1, 0.15) is 85.6 Å². The van der Waals surface area contributed by atoms with Crippen molar-refractivity contribution >= 4 is 24.2 Å². The first-order valence-corrected chi connectivity index (χ1v) is 18.4. The average molecular weight is 526 g/mol. The Bertz CT molecular complexity index is 761. The van der Waals surface area contributed by atoms with Crippen LogP contribution in [0.25, 0.3) is 0 Å². The summed E-state index contributed by atoms with van der Waals surface area (Å²) in [6.07, 6.45) is -0.539. The van der Waals surface area contributed by atoms with Crippen molar-refractivity contribution in [2.24, 2.45) is 10.8 Å². The molecule has 0 spiro atoms. The molecule has 1 aromatic carbocycles. The second-order valence-corrected chi connectivity index (χ2v) is 17.7. The number of ether oxygens (including phenoxy) is 2. The third-order valence-corrected chi connectivity index (χ3v) is 6.62. The van der Waals surface area contributed by atoms with E-state index < -0.39 is 29.8 Å². The van der Waals surface area contributed by atoms with Crippen LogP contribution in [-0.4, -0.2) is 42.9 Å². The minimum absolute atomic E-state index is 0.0479. The van der Waals surface area contributed by atoms with E-state index in [1.165, 1.54) is 0 Å². The lowest BCUT2D eigenvalue weighted by Crippen LogP contribution is -2.34. The topological polar surface area (TPSA) is 66.0 Å². The molecule has 0 saturated carbocycles. The number of amides is 1. The van der Waals surface area contributed by atoms with E-state index in [4.69, 9.17) is 18.3 Å². The molecule has 6 nitrogen and oxygen atoms in total. The first-order chi connectivity index (χ1) is 15.8. The number of nitrogens with one attached hydrogen (secondary N) is 1. The standard InChI is InChI=1S/C27H51NO5Si2/c1-25(2,3)22(32-34(10)11)19-16-20(23(26(4,5)6)33-35(12)13)18-21(17-19)30-15-14-28-24(29)31-27(7,8)9/h16-18,22-23,34-35H,14-15H2,1-13H3,(H,28,29). The molecule has 35 heavy (non-hydrogen) atoms. The van der Waals surface area contributed by atoms with Gasteiger partial charge in [-0.1, -0.05) is 47.6 Å².